The highest BCUT2D eigenvalue weighted by molar-refractivity contribution is 5.90. The van der Waals surface area contributed by atoms with E-state index < -0.39 is 0 Å². The molecule has 4 aliphatic carbocycles. The van der Waals surface area contributed by atoms with E-state index in [0.717, 1.165) is 11.1 Å². The largest absolute Gasteiger partial charge is 0.256 e. The summed E-state index contributed by atoms with van der Waals surface area (Å²) in [4.78, 5) is 4.75. The maximum Gasteiger partial charge on any atom is 0.0702 e. The summed E-state index contributed by atoms with van der Waals surface area (Å²) >= 11 is 0. The van der Waals surface area contributed by atoms with Gasteiger partial charge in [0, 0.05) is 34.4 Å². The minimum absolute atomic E-state index is 0.108. The summed E-state index contributed by atoms with van der Waals surface area (Å²) in [5.74, 6) is 0.806. The number of para-hydroxylation sites is 1. The van der Waals surface area contributed by atoms with Gasteiger partial charge in [0.1, 0.15) is 0 Å². The number of pyridine rings is 1. The topological polar surface area (TPSA) is 12.9 Å². The third-order valence-corrected chi connectivity index (χ3v) is 10.8. The molecule has 0 saturated carbocycles. The lowest BCUT2D eigenvalue weighted by Crippen LogP contribution is -2.24. The summed E-state index contributed by atoms with van der Waals surface area (Å²) in [6.07, 6.45) is 16.5. The summed E-state index contributed by atoms with van der Waals surface area (Å²) in [7, 11) is 0. The maximum atomic E-state index is 4.75. The summed E-state index contributed by atoms with van der Waals surface area (Å²) in [6.45, 7) is 11.7. The number of allylic oxidation sites excluding steroid dienone is 6. The molecule has 1 aromatic heterocycles. The van der Waals surface area contributed by atoms with Crippen molar-refractivity contribution in [3.63, 3.8) is 0 Å². The van der Waals surface area contributed by atoms with E-state index in [1.165, 1.54) is 72.2 Å². The molecule has 5 aromatic rings. The fraction of sp³-hybridized carbons (Fsp3) is 0.205. The van der Waals surface area contributed by atoms with Crippen LogP contribution in [0.1, 0.15) is 68.4 Å². The van der Waals surface area contributed by atoms with Gasteiger partial charge in [-0.15, -0.1) is 0 Å². The van der Waals surface area contributed by atoms with Crippen molar-refractivity contribution in [2.75, 3.05) is 0 Å². The van der Waals surface area contributed by atoms with Gasteiger partial charge in [0.25, 0.3) is 0 Å². The Labute approximate surface area is 266 Å². The minimum atomic E-state index is -0.108. The van der Waals surface area contributed by atoms with Gasteiger partial charge in [-0.05, 0) is 96.5 Å². The van der Waals surface area contributed by atoms with Crippen molar-refractivity contribution in [1.29, 1.82) is 0 Å². The number of hydrogen-bond acceptors (Lipinski definition) is 1. The lowest BCUT2D eigenvalue weighted by atomic mass is 9.65. The molecule has 0 fully saturated rings. The molecule has 0 saturated heterocycles. The highest BCUT2D eigenvalue weighted by Gasteiger charge is 2.38. The molecule has 0 bridgehead atoms. The molecule has 4 aliphatic rings. The van der Waals surface area contributed by atoms with Crippen LogP contribution in [0.5, 0.6) is 0 Å². The average molecular weight is 580 g/mol. The molecule has 0 N–H and O–H groups in total. The second-order valence-electron chi connectivity index (χ2n) is 14.9. The molecule has 45 heavy (non-hydrogen) atoms. The number of nitrogens with zero attached hydrogens (tertiary/aromatic N) is 1. The van der Waals surface area contributed by atoms with Crippen molar-refractivity contribution >= 4 is 23.1 Å². The van der Waals surface area contributed by atoms with Gasteiger partial charge in [-0.1, -0.05) is 126 Å². The van der Waals surface area contributed by atoms with Crippen LogP contribution in [-0.4, -0.2) is 4.98 Å². The Kier molecular flexibility index (Phi) is 5.41. The fourth-order valence-electron chi connectivity index (χ4n) is 8.27. The molecule has 2 unspecified atom stereocenters. The number of benzene rings is 4. The highest BCUT2D eigenvalue weighted by Crippen LogP contribution is 2.54. The fourth-order valence-corrected chi connectivity index (χ4v) is 8.27. The first-order valence-electron chi connectivity index (χ1n) is 16.3. The lowest BCUT2D eigenvalue weighted by molar-refractivity contribution is 0.499. The number of aromatic nitrogens is 1. The van der Waals surface area contributed by atoms with Gasteiger partial charge in [0.2, 0.25) is 0 Å². The zero-order chi connectivity index (χ0) is 30.7. The Morgan fingerprint density at radius 1 is 0.711 bits per heavy atom. The van der Waals surface area contributed by atoms with E-state index in [0.29, 0.717) is 11.8 Å². The van der Waals surface area contributed by atoms with Crippen molar-refractivity contribution in [2.45, 2.75) is 46.0 Å². The molecule has 4 aromatic carbocycles. The first-order valence-corrected chi connectivity index (χ1v) is 16.3. The molecule has 0 spiro atoms. The summed E-state index contributed by atoms with van der Waals surface area (Å²) in [5.41, 5.74) is 18.7. The SMILES string of the molecule is CC(C)(C)C1=CC2C=Cc3ccc(-c4ccc5c(c4)C(C)(C)c4cc(-c6cnc7ccccc7c6)ccc4-5)c4c3C2C(=C1)C=C4. The molecular formula is C44H37N. The number of hydrogen-bond donors (Lipinski definition) is 0. The molecule has 0 amide bonds. The van der Waals surface area contributed by atoms with Gasteiger partial charge < -0.3 is 0 Å². The van der Waals surface area contributed by atoms with E-state index in [4.69, 9.17) is 4.98 Å². The van der Waals surface area contributed by atoms with Crippen molar-refractivity contribution in [3.8, 4) is 33.4 Å². The monoisotopic (exact) mass is 579 g/mol. The van der Waals surface area contributed by atoms with E-state index >= 15 is 0 Å². The molecule has 0 radical (unpaired) electrons. The van der Waals surface area contributed by atoms with E-state index in [1.54, 1.807) is 0 Å². The van der Waals surface area contributed by atoms with Gasteiger partial charge in [0.05, 0.1) is 5.52 Å². The molecule has 1 nitrogen and oxygen atoms in total. The van der Waals surface area contributed by atoms with Crippen LogP contribution in [0, 0.1) is 11.3 Å². The van der Waals surface area contributed by atoms with Crippen molar-refractivity contribution in [3.05, 3.63) is 148 Å². The Hall–Kier alpha value is -4.75. The Balaban J connectivity index is 1.12. The Morgan fingerprint density at radius 2 is 1.44 bits per heavy atom. The third kappa shape index (κ3) is 3.89. The predicted octanol–water partition coefficient (Wildman–Crippen LogP) is 11.5. The quantitative estimate of drug-likeness (QED) is 0.203. The van der Waals surface area contributed by atoms with Crippen molar-refractivity contribution < 1.29 is 0 Å². The van der Waals surface area contributed by atoms with Crippen LogP contribution >= 0.6 is 0 Å². The zero-order valence-corrected chi connectivity index (χ0v) is 26.6. The lowest BCUT2D eigenvalue weighted by Gasteiger charge is -2.39. The smallest absolute Gasteiger partial charge is 0.0702 e. The van der Waals surface area contributed by atoms with Crippen LogP contribution in [0.4, 0.5) is 0 Å². The summed E-state index contributed by atoms with van der Waals surface area (Å²) in [6, 6.07) is 29.5. The van der Waals surface area contributed by atoms with Gasteiger partial charge in [0.15, 0.2) is 0 Å². The maximum absolute atomic E-state index is 4.75. The second kappa shape index (κ2) is 9.14. The molecule has 9 rings (SSSR count). The van der Waals surface area contributed by atoms with Crippen molar-refractivity contribution in [2.24, 2.45) is 11.3 Å². The minimum Gasteiger partial charge on any atom is -0.256 e. The van der Waals surface area contributed by atoms with Crippen LogP contribution in [0.2, 0.25) is 0 Å². The van der Waals surface area contributed by atoms with E-state index in [2.05, 4.69) is 144 Å². The van der Waals surface area contributed by atoms with E-state index in [9.17, 15) is 0 Å². The van der Waals surface area contributed by atoms with Gasteiger partial charge in [-0.2, -0.15) is 0 Å². The molecule has 218 valence electrons. The normalized spacial score (nSPS) is 19.9. The first kappa shape index (κ1) is 26.6. The van der Waals surface area contributed by atoms with E-state index in [-0.39, 0.29) is 10.8 Å². The molecule has 1 heteroatoms. The predicted molar refractivity (Wildman–Crippen MR) is 190 cm³/mol. The highest BCUT2D eigenvalue weighted by atomic mass is 14.6. The van der Waals surface area contributed by atoms with Crippen LogP contribution < -0.4 is 0 Å². The number of rotatable bonds is 2. The molecule has 0 aliphatic heterocycles. The summed E-state index contributed by atoms with van der Waals surface area (Å²) in [5, 5.41) is 1.18. The standard InChI is InChI=1S/C44H37N/c1-43(2,3)33-21-30-11-10-26-12-16-34(37-19-15-31(22-33)41(30)42(26)37)28-14-18-36-35-17-13-27(23-38(35)44(4,5)39(36)24-28)32-20-29-8-6-7-9-40(29)45-25-32/h6-25,30,41H,1-5H3. The zero-order valence-electron chi connectivity index (χ0n) is 26.6. The van der Waals surface area contributed by atoms with Crippen LogP contribution in [0.25, 0.3) is 56.4 Å². The Bertz CT molecular complexity index is 2230. The summed E-state index contributed by atoms with van der Waals surface area (Å²) < 4.78 is 0. The van der Waals surface area contributed by atoms with Crippen LogP contribution in [-0.2, 0) is 5.41 Å². The van der Waals surface area contributed by atoms with Crippen LogP contribution in [0.3, 0.4) is 0 Å². The molecular weight excluding hydrogens is 542 g/mol. The van der Waals surface area contributed by atoms with Gasteiger partial charge in [-0.25, -0.2) is 0 Å². The van der Waals surface area contributed by atoms with Crippen molar-refractivity contribution in [1.82, 2.24) is 4.98 Å². The third-order valence-electron chi connectivity index (χ3n) is 10.8. The number of fused-ring (bicyclic) bond motifs is 4. The molecule has 2 atom stereocenters. The van der Waals surface area contributed by atoms with Gasteiger partial charge >= 0.3 is 0 Å². The average Bonchev–Trinajstić information content (AvgIpc) is 3.27. The molecule has 1 heterocycles. The van der Waals surface area contributed by atoms with E-state index in [1.807, 2.05) is 12.3 Å². The second-order valence-corrected chi connectivity index (χ2v) is 14.9. The van der Waals surface area contributed by atoms with Crippen LogP contribution in [0.15, 0.2) is 121 Å². The Morgan fingerprint density at radius 3 is 2.24 bits per heavy atom. The van der Waals surface area contributed by atoms with Gasteiger partial charge in [-0.3, -0.25) is 4.98 Å². The first-order chi connectivity index (χ1) is 21.7.